The smallest absolute Gasteiger partial charge is 0.373 e. The number of hydrogen-bond acceptors (Lipinski definition) is 5. The Balaban J connectivity index is 2.99. The molecule has 0 unspecified atom stereocenters. The van der Waals surface area contributed by atoms with Crippen LogP contribution >= 0.6 is 0 Å². The molecule has 0 fully saturated rings. The molecule has 1 rings (SSSR count). The number of hydrogen-bond donors (Lipinski definition) is 1. The van der Waals surface area contributed by atoms with Crippen molar-refractivity contribution >= 4 is 21.4 Å². The summed E-state index contributed by atoms with van der Waals surface area (Å²) in [5.74, 6) is 0. The van der Waals surface area contributed by atoms with Crippen LogP contribution in [0.15, 0.2) is 18.2 Å². The molecule has 0 aliphatic rings. The Morgan fingerprint density at radius 1 is 1.36 bits per heavy atom. The molecule has 0 spiro atoms. The number of alkyl halides is 3. The summed E-state index contributed by atoms with van der Waals surface area (Å²) in [5.41, 5.74) is -2.29. The molecule has 1 N–H and O–H groups in total. The lowest BCUT2D eigenvalue weighted by atomic mass is 10.1. The van der Waals surface area contributed by atoms with Gasteiger partial charge in [0.05, 0.1) is 11.2 Å². The van der Waals surface area contributed by atoms with Gasteiger partial charge in [0.1, 0.15) is 5.56 Å². The number of likely N-dealkylation sites (N-methyl/N-ethyl adjacent to an activating group) is 1. The summed E-state index contributed by atoms with van der Waals surface area (Å²) in [7, 11) is -1.95. The molecule has 1 aromatic rings. The third kappa shape index (κ3) is 5.15. The second-order valence-electron chi connectivity index (χ2n) is 4.54. The van der Waals surface area contributed by atoms with E-state index in [1.807, 2.05) is 0 Å². The first-order valence-corrected chi connectivity index (χ1v) is 7.82. The van der Waals surface area contributed by atoms with E-state index in [4.69, 9.17) is 0 Å². The lowest BCUT2D eigenvalue weighted by Crippen LogP contribution is -2.32. The molecule has 7 nitrogen and oxygen atoms in total. The summed E-state index contributed by atoms with van der Waals surface area (Å²) in [6.45, 7) is 0.0931. The van der Waals surface area contributed by atoms with Crippen molar-refractivity contribution < 1.29 is 26.5 Å². The van der Waals surface area contributed by atoms with Crippen LogP contribution in [-0.2, 0) is 16.2 Å². The highest BCUT2D eigenvalue weighted by Crippen LogP contribution is 2.38. The minimum Gasteiger partial charge on any atom is -0.373 e. The van der Waals surface area contributed by atoms with Crippen LogP contribution in [0.4, 0.5) is 24.5 Å². The second kappa shape index (κ2) is 6.48. The Hall–Kier alpha value is -1.88. The van der Waals surface area contributed by atoms with Crippen molar-refractivity contribution in [2.45, 2.75) is 6.18 Å². The summed E-state index contributed by atoms with van der Waals surface area (Å²) in [6, 6.07) is 2.62. The average molecular weight is 341 g/mol. The standard InChI is InChI=1S/C11H14F3N3O4S/c1-16(6-5-15-22(2,20)21)8-3-4-10(17(18)19)9(7-8)11(12,13)14/h3-4,7,15H,5-6H2,1-2H3. The molecule has 11 heteroatoms. The lowest BCUT2D eigenvalue weighted by molar-refractivity contribution is -0.388. The first kappa shape index (κ1) is 18.2. The normalized spacial score (nSPS) is 12.2. The van der Waals surface area contributed by atoms with E-state index >= 15 is 0 Å². The minimum absolute atomic E-state index is 0.00628. The molecule has 124 valence electrons. The first-order valence-electron chi connectivity index (χ1n) is 5.93. The molecule has 0 bridgehead atoms. The zero-order valence-corrected chi connectivity index (χ0v) is 12.5. The highest BCUT2D eigenvalue weighted by Gasteiger charge is 2.38. The molecule has 0 aliphatic heterocycles. The fourth-order valence-corrected chi connectivity index (χ4v) is 2.14. The van der Waals surface area contributed by atoms with Gasteiger partial charge < -0.3 is 4.90 Å². The monoisotopic (exact) mass is 341 g/mol. The first-order chi connectivity index (χ1) is 9.92. The van der Waals surface area contributed by atoms with Gasteiger partial charge in [0.15, 0.2) is 0 Å². The van der Waals surface area contributed by atoms with Crippen molar-refractivity contribution in [1.29, 1.82) is 0 Å². The molecule has 0 aliphatic carbocycles. The maximum absolute atomic E-state index is 12.8. The molecule has 0 amide bonds. The zero-order valence-electron chi connectivity index (χ0n) is 11.7. The van der Waals surface area contributed by atoms with E-state index in [1.54, 1.807) is 0 Å². The Morgan fingerprint density at radius 3 is 2.41 bits per heavy atom. The second-order valence-corrected chi connectivity index (χ2v) is 6.38. The molecule has 0 atom stereocenters. The van der Waals surface area contributed by atoms with Gasteiger partial charge in [0.2, 0.25) is 10.0 Å². The van der Waals surface area contributed by atoms with Crippen molar-refractivity contribution in [3.8, 4) is 0 Å². The quantitative estimate of drug-likeness (QED) is 0.627. The number of sulfonamides is 1. The zero-order chi connectivity index (χ0) is 17.1. The predicted octanol–water partition coefficient (Wildman–Crippen LogP) is 1.60. The predicted molar refractivity (Wildman–Crippen MR) is 74.2 cm³/mol. The average Bonchev–Trinajstić information content (AvgIpc) is 2.35. The summed E-state index contributed by atoms with van der Waals surface area (Å²) in [6.07, 6.45) is -3.90. The third-order valence-electron chi connectivity index (χ3n) is 2.73. The Labute approximate surface area is 124 Å². The molecule has 0 aromatic heterocycles. The molecular formula is C11H14F3N3O4S. The van der Waals surface area contributed by atoms with Gasteiger partial charge in [-0.1, -0.05) is 0 Å². The van der Waals surface area contributed by atoms with E-state index in [2.05, 4.69) is 4.72 Å². The Morgan fingerprint density at radius 2 is 1.95 bits per heavy atom. The van der Waals surface area contributed by atoms with E-state index in [-0.39, 0.29) is 18.8 Å². The van der Waals surface area contributed by atoms with Crippen molar-refractivity contribution in [1.82, 2.24) is 4.72 Å². The summed E-state index contributed by atoms with van der Waals surface area (Å²) < 4.78 is 62.5. The summed E-state index contributed by atoms with van der Waals surface area (Å²) in [4.78, 5) is 10.9. The van der Waals surface area contributed by atoms with Crippen molar-refractivity contribution in [3.63, 3.8) is 0 Å². The number of anilines is 1. The van der Waals surface area contributed by atoms with Gasteiger partial charge in [-0.25, -0.2) is 13.1 Å². The fourth-order valence-electron chi connectivity index (χ4n) is 1.68. The number of nitrogens with one attached hydrogen (secondary N) is 1. The van der Waals surface area contributed by atoms with Gasteiger partial charge in [-0.05, 0) is 12.1 Å². The number of rotatable bonds is 6. The van der Waals surface area contributed by atoms with E-state index in [1.165, 1.54) is 18.0 Å². The Bertz CT molecular complexity index is 661. The highest BCUT2D eigenvalue weighted by atomic mass is 32.2. The largest absolute Gasteiger partial charge is 0.423 e. The van der Waals surface area contributed by atoms with Gasteiger partial charge >= 0.3 is 6.18 Å². The number of nitro groups is 1. The van der Waals surface area contributed by atoms with Gasteiger partial charge in [0.25, 0.3) is 5.69 Å². The summed E-state index contributed by atoms with van der Waals surface area (Å²) in [5, 5.41) is 10.6. The van der Waals surface area contributed by atoms with E-state index in [0.29, 0.717) is 6.07 Å². The molecule has 22 heavy (non-hydrogen) atoms. The topological polar surface area (TPSA) is 92.6 Å². The minimum atomic E-state index is -4.86. The third-order valence-corrected chi connectivity index (χ3v) is 3.46. The van der Waals surface area contributed by atoms with E-state index in [9.17, 15) is 31.7 Å². The molecule has 0 saturated heterocycles. The highest BCUT2D eigenvalue weighted by molar-refractivity contribution is 7.88. The van der Waals surface area contributed by atoms with E-state index in [0.717, 1.165) is 12.3 Å². The maximum Gasteiger partial charge on any atom is 0.423 e. The molecule has 0 heterocycles. The number of halogens is 3. The molecule has 1 aromatic carbocycles. The van der Waals surface area contributed by atoms with Gasteiger partial charge in [-0.3, -0.25) is 10.1 Å². The fraction of sp³-hybridized carbons (Fsp3) is 0.455. The van der Waals surface area contributed by atoms with Crippen LogP contribution in [0.1, 0.15) is 5.56 Å². The lowest BCUT2D eigenvalue weighted by Gasteiger charge is -2.20. The molecular weight excluding hydrogens is 327 g/mol. The Kier molecular flexibility index (Phi) is 5.35. The summed E-state index contributed by atoms with van der Waals surface area (Å²) >= 11 is 0. The van der Waals surface area contributed by atoms with Crippen molar-refractivity contribution in [2.75, 3.05) is 31.3 Å². The van der Waals surface area contributed by atoms with Gasteiger partial charge in [-0.2, -0.15) is 13.2 Å². The maximum atomic E-state index is 12.8. The molecule has 0 saturated carbocycles. The van der Waals surface area contributed by atoms with Gasteiger partial charge in [0, 0.05) is 31.9 Å². The molecule has 0 radical (unpaired) electrons. The van der Waals surface area contributed by atoms with Crippen LogP contribution in [0.25, 0.3) is 0 Å². The number of nitro benzene ring substituents is 1. The van der Waals surface area contributed by atoms with Crippen LogP contribution in [0, 0.1) is 10.1 Å². The van der Waals surface area contributed by atoms with E-state index < -0.39 is 32.4 Å². The number of benzene rings is 1. The van der Waals surface area contributed by atoms with Crippen LogP contribution in [0.2, 0.25) is 0 Å². The van der Waals surface area contributed by atoms with Crippen LogP contribution in [0.5, 0.6) is 0 Å². The van der Waals surface area contributed by atoms with Gasteiger partial charge in [-0.15, -0.1) is 0 Å². The number of nitrogens with zero attached hydrogens (tertiary/aromatic N) is 2. The van der Waals surface area contributed by atoms with Crippen molar-refractivity contribution in [2.24, 2.45) is 0 Å². The van der Waals surface area contributed by atoms with Crippen molar-refractivity contribution in [3.05, 3.63) is 33.9 Å². The van der Waals surface area contributed by atoms with Crippen LogP contribution in [0.3, 0.4) is 0 Å². The van der Waals surface area contributed by atoms with Crippen LogP contribution < -0.4 is 9.62 Å². The SMILES string of the molecule is CN(CCNS(C)(=O)=O)c1ccc([N+](=O)[O-])c(C(F)(F)F)c1. The van der Waals surface area contributed by atoms with Crippen LogP contribution in [-0.4, -0.2) is 39.7 Å².